The molecule has 0 fully saturated rings. The molecule has 0 unspecified atom stereocenters. The van der Waals surface area contributed by atoms with Crippen molar-refractivity contribution in [2.24, 2.45) is 7.05 Å². The summed E-state index contributed by atoms with van der Waals surface area (Å²) in [5.74, 6) is 0.0667. The number of amides is 1. The number of hydrogen-bond acceptors (Lipinski definition) is 2. The first kappa shape index (κ1) is 12.8. The van der Waals surface area contributed by atoms with Crippen LogP contribution in [0.25, 0.3) is 0 Å². The number of nitrogens with two attached hydrogens (primary N) is 1. The highest BCUT2D eigenvalue weighted by molar-refractivity contribution is 5.93. The molecule has 2 heterocycles. The number of aromatic nitrogens is 1. The van der Waals surface area contributed by atoms with Crippen molar-refractivity contribution in [1.82, 2.24) is 9.47 Å². The maximum Gasteiger partial charge on any atom is 0.270 e. The van der Waals surface area contributed by atoms with Gasteiger partial charge < -0.3 is 15.2 Å². The van der Waals surface area contributed by atoms with Crippen LogP contribution >= 0.6 is 0 Å². The molecule has 1 aromatic carbocycles. The van der Waals surface area contributed by atoms with Crippen LogP contribution in [0.1, 0.15) is 21.6 Å². The highest BCUT2D eigenvalue weighted by Crippen LogP contribution is 2.18. The van der Waals surface area contributed by atoms with E-state index in [1.807, 2.05) is 11.9 Å². The Bertz CT molecular complexity index is 618. The van der Waals surface area contributed by atoms with Gasteiger partial charge in [-0.25, -0.2) is 0 Å². The number of anilines is 1. The summed E-state index contributed by atoms with van der Waals surface area (Å²) < 4.78 is 1.80. The van der Waals surface area contributed by atoms with Crippen molar-refractivity contribution in [3.63, 3.8) is 0 Å². The summed E-state index contributed by atoms with van der Waals surface area (Å²) in [4.78, 5) is 14.5. The molecule has 0 saturated heterocycles. The van der Waals surface area contributed by atoms with Crippen molar-refractivity contribution in [3.8, 4) is 0 Å². The Morgan fingerprint density at radius 1 is 1.15 bits per heavy atom. The first-order chi connectivity index (χ1) is 9.65. The lowest BCUT2D eigenvalue weighted by molar-refractivity contribution is 0.0753. The molecule has 20 heavy (non-hydrogen) atoms. The zero-order valence-corrected chi connectivity index (χ0v) is 11.7. The predicted molar refractivity (Wildman–Crippen MR) is 79.6 cm³/mol. The second kappa shape index (κ2) is 5.04. The van der Waals surface area contributed by atoms with Gasteiger partial charge in [-0.15, -0.1) is 0 Å². The van der Waals surface area contributed by atoms with Crippen LogP contribution in [0.4, 0.5) is 5.69 Å². The Balaban J connectivity index is 1.80. The molecule has 4 heteroatoms. The van der Waals surface area contributed by atoms with E-state index < -0.39 is 0 Å². The fourth-order valence-electron chi connectivity index (χ4n) is 2.84. The summed E-state index contributed by atoms with van der Waals surface area (Å²) in [7, 11) is 1.86. The zero-order valence-electron chi connectivity index (χ0n) is 11.7. The maximum atomic E-state index is 12.6. The van der Waals surface area contributed by atoms with Crippen molar-refractivity contribution < 1.29 is 4.79 Å². The Kier molecular flexibility index (Phi) is 3.22. The first-order valence-electron chi connectivity index (χ1n) is 6.93. The molecule has 0 aliphatic carbocycles. The summed E-state index contributed by atoms with van der Waals surface area (Å²) in [6.07, 6.45) is 3.61. The van der Waals surface area contributed by atoms with Gasteiger partial charge in [-0.2, -0.15) is 0 Å². The second-order valence-corrected chi connectivity index (χ2v) is 5.33. The minimum absolute atomic E-state index is 0.0667. The Labute approximate surface area is 118 Å². The summed E-state index contributed by atoms with van der Waals surface area (Å²) in [6.45, 7) is 1.53. The molecule has 0 bridgehead atoms. The van der Waals surface area contributed by atoms with Crippen molar-refractivity contribution >= 4 is 11.6 Å². The van der Waals surface area contributed by atoms with Crippen LogP contribution in [0.5, 0.6) is 0 Å². The fourth-order valence-corrected chi connectivity index (χ4v) is 2.84. The molecule has 0 spiro atoms. The van der Waals surface area contributed by atoms with Crippen LogP contribution in [0, 0.1) is 0 Å². The summed E-state index contributed by atoms with van der Waals surface area (Å²) in [5, 5.41) is 0. The summed E-state index contributed by atoms with van der Waals surface area (Å²) in [6, 6.07) is 10.2. The van der Waals surface area contributed by atoms with E-state index in [0.29, 0.717) is 11.4 Å². The number of aryl methyl sites for hydroxylation is 1. The number of fused-ring (bicyclic) bond motifs is 1. The van der Waals surface area contributed by atoms with Gasteiger partial charge in [0.25, 0.3) is 5.91 Å². The zero-order chi connectivity index (χ0) is 14.1. The Morgan fingerprint density at radius 3 is 2.25 bits per heavy atom. The lowest BCUT2D eigenvalue weighted by Crippen LogP contribution is -2.34. The van der Waals surface area contributed by atoms with Crippen LogP contribution < -0.4 is 5.73 Å². The second-order valence-electron chi connectivity index (χ2n) is 5.33. The van der Waals surface area contributed by atoms with Crippen LogP contribution in [0.15, 0.2) is 36.5 Å². The van der Waals surface area contributed by atoms with Crippen molar-refractivity contribution in [3.05, 3.63) is 53.3 Å². The third kappa shape index (κ3) is 2.29. The molecule has 1 aliphatic rings. The summed E-state index contributed by atoms with van der Waals surface area (Å²) >= 11 is 0. The fraction of sp³-hybridized carbons (Fsp3) is 0.312. The molecule has 1 amide bonds. The molecule has 2 N–H and O–H groups in total. The largest absolute Gasteiger partial charge is 0.397 e. The third-order valence-corrected chi connectivity index (χ3v) is 3.95. The van der Waals surface area contributed by atoms with E-state index in [1.54, 1.807) is 16.8 Å². The molecule has 0 saturated carbocycles. The average Bonchev–Trinajstić information content (AvgIpc) is 2.66. The third-order valence-electron chi connectivity index (χ3n) is 3.95. The van der Waals surface area contributed by atoms with Gasteiger partial charge in [-0.1, -0.05) is 24.3 Å². The van der Waals surface area contributed by atoms with Crippen LogP contribution in [0.2, 0.25) is 0 Å². The Hall–Kier alpha value is -2.23. The van der Waals surface area contributed by atoms with E-state index in [2.05, 4.69) is 24.3 Å². The SMILES string of the molecule is Cn1cc(N)cc1C(=O)N1CCc2ccccc2CC1. The molecular formula is C16H19N3O. The normalized spacial score (nSPS) is 14.8. The molecule has 104 valence electrons. The molecule has 3 rings (SSSR count). The number of nitrogen functional groups attached to an aromatic ring is 1. The number of carbonyl (C=O) groups is 1. The minimum Gasteiger partial charge on any atom is -0.397 e. The highest BCUT2D eigenvalue weighted by atomic mass is 16.2. The van der Waals surface area contributed by atoms with E-state index in [4.69, 9.17) is 5.73 Å². The lowest BCUT2D eigenvalue weighted by atomic mass is 10.0. The van der Waals surface area contributed by atoms with Gasteiger partial charge in [-0.05, 0) is 30.0 Å². The van der Waals surface area contributed by atoms with E-state index in [1.165, 1.54) is 11.1 Å². The standard InChI is InChI=1S/C16H19N3O/c1-18-11-14(17)10-15(18)16(20)19-8-6-12-4-2-3-5-13(12)7-9-19/h2-5,10-11H,6-9,17H2,1H3. The average molecular weight is 269 g/mol. The van der Waals surface area contributed by atoms with Gasteiger partial charge in [-0.3, -0.25) is 4.79 Å². The van der Waals surface area contributed by atoms with Gasteiger partial charge in [0.2, 0.25) is 0 Å². The predicted octanol–water partition coefficient (Wildman–Crippen LogP) is 1.85. The summed E-state index contributed by atoms with van der Waals surface area (Å²) in [5.41, 5.74) is 9.76. The first-order valence-corrected chi connectivity index (χ1v) is 6.93. The van der Waals surface area contributed by atoms with Gasteiger partial charge in [0.1, 0.15) is 5.69 Å². The van der Waals surface area contributed by atoms with Crippen LogP contribution in [-0.2, 0) is 19.9 Å². The van der Waals surface area contributed by atoms with Crippen LogP contribution in [-0.4, -0.2) is 28.5 Å². The van der Waals surface area contributed by atoms with Crippen molar-refractivity contribution in [1.29, 1.82) is 0 Å². The van der Waals surface area contributed by atoms with Gasteiger partial charge >= 0.3 is 0 Å². The number of rotatable bonds is 1. The van der Waals surface area contributed by atoms with Crippen molar-refractivity contribution in [2.75, 3.05) is 18.8 Å². The van der Waals surface area contributed by atoms with E-state index in [9.17, 15) is 4.79 Å². The topological polar surface area (TPSA) is 51.3 Å². The van der Waals surface area contributed by atoms with Crippen molar-refractivity contribution in [2.45, 2.75) is 12.8 Å². The van der Waals surface area contributed by atoms with Gasteiger partial charge in [0.05, 0.1) is 5.69 Å². The number of nitrogens with zero attached hydrogens (tertiary/aromatic N) is 2. The quantitative estimate of drug-likeness (QED) is 0.859. The molecule has 0 radical (unpaired) electrons. The molecule has 1 aliphatic heterocycles. The monoisotopic (exact) mass is 269 g/mol. The van der Waals surface area contributed by atoms with Gasteiger partial charge in [0, 0.05) is 26.3 Å². The highest BCUT2D eigenvalue weighted by Gasteiger charge is 2.21. The molecule has 1 aromatic heterocycles. The van der Waals surface area contributed by atoms with Gasteiger partial charge in [0.15, 0.2) is 0 Å². The lowest BCUT2D eigenvalue weighted by Gasteiger charge is -2.20. The minimum atomic E-state index is 0.0667. The number of hydrogen-bond donors (Lipinski definition) is 1. The number of carbonyl (C=O) groups excluding carboxylic acids is 1. The van der Waals surface area contributed by atoms with E-state index >= 15 is 0 Å². The molecule has 4 nitrogen and oxygen atoms in total. The van der Waals surface area contributed by atoms with E-state index in [-0.39, 0.29) is 5.91 Å². The molecule has 0 atom stereocenters. The van der Waals surface area contributed by atoms with E-state index in [0.717, 1.165) is 25.9 Å². The maximum absolute atomic E-state index is 12.6. The molecular weight excluding hydrogens is 250 g/mol. The Morgan fingerprint density at radius 2 is 1.75 bits per heavy atom. The van der Waals surface area contributed by atoms with Crippen LogP contribution in [0.3, 0.4) is 0 Å². The molecule has 2 aromatic rings. The smallest absolute Gasteiger partial charge is 0.270 e. The number of benzene rings is 1.